The van der Waals surface area contributed by atoms with Crippen LogP contribution in [0.25, 0.3) is 11.5 Å². The zero-order chi connectivity index (χ0) is 16.9. The molecule has 23 heavy (non-hydrogen) atoms. The molecule has 1 N–H and O–H groups in total. The van der Waals surface area contributed by atoms with Crippen molar-refractivity contribution in [3.63, 3.8) is 0 Å². The van der Waals surface area contributed by atoms with Crippen LogP contribution in [-0.2, 0) is 16.3 Å². The molecule has 0 unspecified atom stereocenters. The third-order valence-corrected chi connectivity index (χ3v) is 6.09. The summed E-state index contributed by atoms with van der Waals surface area (Å²) in [7, 11) is -3.09. The van der Waals surface area contributed by atoms with Gasteiger partial charge in [0, 0.05) is 25.1 Å². The Balaban J connectivity index is 1.77. The molecule has 0 saturated carbocycles. The van der Waals surface area contributed by atoms with E-state index < -0.39 is 14.6 Å². The fraction of sp³-hybridized carbons (Fsp3) is 0.500. The quantitative estimate of drug-likeness (QED) is 0.779. The Morgan fingerprint density at radius 3 is 2.43 bits per heavy atom. The van der Waals surface area contributed by atoms with Gasteiger partial charge in [-0.1, -0.05) is 18.2 Å². The Morgan fingerprint density at radius 2 is 1.78 bits per heavy atom. The lowest BCUT2D eigenvalue weighted by atomic mass is 10.2. The van der Waals surface area contributed by atoms with E-state index >= 15 is 0 Å². The Morgan fingerprint density at radius 1 is 1.09 bits per heavy atom. The van der Waals surface area contributed by atoms with E-state index in [1.165, 1.54) is 0 Å². The number of benzene rings is 1. The molecule has 0 radical (unpaired) electrons. The van der Waals surface area contributed by atoms with E-state index in [1.807, 2.05) is 30.3 Å². The van der Waals surface area contributed by atoms with Gasteiger partial charge in [0.05, 0.1) is 10.5 Å². The van der Waals surface area contributed by atoms with Gasteiger partial charge in [-0.15, -0.1) is 10.2 Å². The molecule has 0 saturated heterocycles. The molecule has 126 valence electrons. The molecule has 0 spiro atoms. The Labute approximate surface area is 137 Å². The summed E-state index contributed by atoms with van der Waals surface area (Å²) in [4.78, 5) is 0. The summed E-state index contributed by atoms with van der Waals surface area (Å²) in [6, 6.07) is 9.57. The first-order valence-corrected chi connectivity index (χ1v) is 9.26. The molecule has 0 atom stereocenters. The summed E-state index contributed by atoms with van der Waals surface area (Å²) in [5.74, 6) is 1.15. The van der Waals surface area contributed by atoms with Gasteiger partial charge in [0.15, 0.2) is 9.84 Å². The molecular formula is C16H23N3O3S. The van der Waals surface area contributed by atoms with Crippen molar-refractivity contribution < 1.29 is 12.8 Å². The molecule has 2 rings (SSSR count). The molecule has 1 aromatic carbocycles. The number of hydrogen-bond acceptors (Lipinski definition) is 6. The smallest absolute Gasteiger partial charge is 0.247 e. The summed E-state index contributed by atoms with van der Waals surface area (Å²) in [5, 5.41) is 11.1. The fourth-order valence-corrected chi connectivity index (χ4v) is 2.91. The van der Waals surface area contributed by atoms with Gasteiger partial charge < -0.3 is 9.73 Å². The number of aromatic nitrogens is 2. The molecule has 0 amide bonds. The summed E-state index contributed by atoms with van der Waals surface area (Å²) >= 11 is 0. The molecule has 0 fully saturated rings. The van der Waals surface area contributed by atoms with Crippen LogP contribution >= 0.6 is 0 Å². The average molecular weight is 337 g/mol. The van der Waals surface area contributed by atoms with Gasteiger partial charge in [-0.25, -0.2) is 8.42 Å². The van der Waals surface area contributed by atoms with Crippen LogP contribution in [-0.4, -0.2) is 42.2 Å². The van der Waals surface area contributed by atoms with Gasteiger partial charge >= 0.3 is 0 Å². The van der Waals surface area contributed by atoms with Crippen molar-refractivity contribution >= 4 is 9.84 Å². The second kappa shape index (κ2) is 7.23. The monoisotopic (exact) mass is 337 g/mol. The van der Waals surface area contributed by atoms with Crippen LogP contribution in [0.4, 0.5) is 0 Å². The number of nitrogens with zero attached hydrogens (tertiary/aromatic N) is 2. The van der Waals surface area contributed by atoms with E-state index in [0.29, 0.717) is 31.3 Å². The number of sulfone groups is 1. The molecule has 0 aliphatic heterocycles. The summed E-state index contributed by atoms with van der Waals surface area (Å²) in [6.45, 7) is 6.15. The highest BCUT2D eigenvalue weighted by Gasteiger charge is 2.27. The number of hydrogen-bond donors (Lipinski definition) is 1. The third-order valence-electron chi connectivity index (χ3n) is 3.48. The minimum absolute atomic E-state index is 0.121. The van der Waals surface area contributed by atoms with Crippen molar-refractivity contribution in [1.29, 1.82) is 0 Å². The lowest BCUT2D eigenvalue weighted by Gasteiger charge is -2.19. The van der Waals surface area contributed by atoms with E-state index in [0.717, 1.165) is 5.56 Å². The number of nitrogens with one attached hydrogen (secondary N) is 1. The summed E-state index contributed by atoms with van der Waals surface area (Å²) in [6.07, 6.45) is 0.565. The highest BCUT2D eigenvalue weighted by atomic mass is 32.2. The molecule has 0 bridgehead atoms. The Hall–Kier alpha value is -1.73. The second-order valence-electron chi connectivity index (χ2n) is 6.30. The predicted molar refractivity (Wildman–Crippen MR) is 89.8 cm³/mol. The molecule has 7 heteroatoms. The maximum Gasteiger partial charge on any atom is 0.247 e. The van der Waals surface area contributed by atoms with Crippen LogP contribution in [0.15, 0.2) is 34.7 Å². The maximum atomic E-state index is 12.0. The van der Waals surface area contributed by atoms with Gasteiger partial charge in [-0.05, 0) is 32.9 Å². The van der Waals surface area contributed by atoms with E-state index in [9.17, 15) is 8.42 Å². The first-order chi connectivity index (χ1) is 10.8. The molecule has 6 nitrogen and oxygen atoms in total. The number of rotatable bonds is 7. The van der Waals surface area contributed by atoms with E-state index in [2.05, 4.69) is 15.5 Å². The normalized spacial score (nSPS) is 12.5. The zero-order valence-electron chi connectivity index (χ0n) is 13.7. The van der Waals surface area contributed by atoms with Crippen molar-refractivity contribution in [3.8, 4) is 11.5 Å². The molecule has 2 aromatic rings. The van der Waals surface area contributed by atoms with Crippen molar-refractivity contribution in [1.82, 2.24) is 15.5 Å². The first kappa shape index (κ1) is 17.6. The van der Waals surface area contributed by atoms with Crippen LogP contribution in [0, 0.1) is 0 Å². The Bertz CT molecular complexity index is 719. The van der Waals surface area contributed by atoms with E-state index in [-0.39, 0.29) is 5.75 Å². The van der Waals surface area contributed by atoms with Crippen LogP contribution in [0.3, 0.4) is 0 Å². The first-order valence-electron chi connectivity index (χ1n) is 7.60. The molecular weight excluding hydrogens is 314 g/mol. The van der Waals surface area contributed by atoms with Gasteiger partial charge in [-0.3, -0.25) is 0 Å². The summed E-state index contributed by atoms with van der Waals surface area (Å²) in [5.41, 5.74) is 0.885. The van der Waals surface area contributed by atoms with E-state index in [1.54, 1.807) is 20.8 Å². The third kappa shape index (κ3) is 4.87. The van der Waals surface area contributed by atoms with Crippen molar-refractivity contribution in [2.45, 2.75) is 31.9 Å². The highest BCUT2D eigenvalue weighted by molar-refractivity contribution is 7.92. The molecule has 0 aliphatic carbocycles. The standard InChI is InChI=1S/C16H23N3O3S/c1-16(2,3)23(20,21)12-11-17-10-9-14-18-19-15(22-14)13-7-5-4-6-8-13/h4-8,17H,9-12H2,1-3H3. The lowest BCUT2D eigenvalue weighted by molar-refractivity contribution is 0.496. The lowest BCUT2D eigenvalue weighted by Crippen LogP contribution is -2.35. The van der Waals surface area contributed by atoms with Crippen LogP contribution < -0.4 is 5.32 Å². The zero-order valence-corrected chi connectivity index (χ0v) is 14.6. The predicted octanol–water partition coefficient (Wildman–Crippen LogP) is 2.08. The summed E-state index contributed by atoms with van der Waals surface area (Å²) < 4.78 is 28.8. The van der Waals surface area contributed by atoms with Crippen LogP contribution in [0.5, 0.6) is 0 Å². The second-order valence-corrected chi connectivity index (χ2v) is 9.16. The van der Waals surface area contributed by atoms with Crippen molar-refractivity contribution in [2.24, 2.45) is 0 Å². The van der Waals surface area contributed by atoms with Gasteiger partial charge in [-0.2, -0.15) is 0 Å². The highest BCUT2D eigenvalue weighted by Crippen LogP contribution is 2.17. The van der Waals surface area contributed by atoms with Gasteiger partial charge in [0.1, 0.15) is 0 Å². The van der Waals surface area contributed by atoms with Crippen LogP contribution in [0.2, 0.25) is 0 Å². The van der Waals surface area contributed by atoms with Gasteiger partial charge in [0.2, 0.25) is 11.8 Å². The Kier molecular flexibility index (Phi) is 5.54. The average Bonchev–Trinajstić information content (AvgIpc) is 2.95. The minimum Gasteiger partial charge on any atom is -0.421 e. The van der Waals surface area contributed by atoms with Crippen molar-refractivity contribution in [2.75, 3.05) is 18.8 Å². The largest absolute Gasteiger partial charge is 0.421 e. The topological polar surface area (TPSA) is 85.1 Å². The SMILES string of the molecule is CC(C)(C)S(=O)(=O)CCNCCc1nnc(-c2ccccc2)o1. The van der Waals surface area contributed by atoms with Crippen LogP contribution in [0.1, 0.15) is 26.7 Å². The molecule has 1 heterocycles. The van der Waals surface area contributed by atoms with Crippen molar-refractivity contribution in [3.05, 3.63) is 36.2 Å². The minimum atomic E-state index is -3.09. The maximum absolute atomic E-state index is 12.0. The molecule has 1 aromatic heterocycles. The van der Waals surface area contributed by atoms with Gasteiger partial charge in [0.25, 0.3) is 0 Å². The fourth-order valence-electron chi connectivity index (χ4n) is 1.89. The molecule has 0 aliphatic rings. The van der Waals surface area contributed by atoms with E-state index in [4.69, 9.17) is 4.42 Å².